The van der Waals surface area contributed by atoms with Crippen molar-refractivity contribution in [3.63, 3.8) is 0 Å². The largest absolute Gasteiger partial charge is 0.433 e. The molecular formula is C13H18F2N2O2. The van der Waals surface area contributed by atoms with Crippen molar-refractivity contribution in [2.75, 3.05) is 5.32 Å². The molecule has 1 unspecified atom stereocenters. The molecule has 3 N–H and O–H groups in total. The van der Waals surface area contributed by atoms with Crippen LogP contribution in [0.25, 0.3) is 0 Å². The second-order valence-corrected chi connectivity index (χ2v) is 4.28. The highest BCUT2D eigenvalue weighted by Crippen LogP contribution is 2.25. The molecule has 19 heavy (non-hydrogen) atoms. The zero-order chi connectivity index (χ0) is 14.4. The number of hydrogen-bond acceptors (Lipinski definition) is 3. The maximum Gasteiger partial charge on any atom is 0.387 e. The maximum atomic E-state index is 12.2. The van der Waals surface area contributed by atoms with Crippen LogP contribution in [0.3, 0.4) is 0 Å². The zero-order valence-corrected chi connectivity index (χ0v) is 10.9. The van der Waals surface area contributed by atoms with Gasteiger partial charge < -0.3 is 15.8 Å². The highest BCUT2D eigenvalue weighted by Gasteiger charge is 2.20. The molecule has 2 atom stereocenters. The van der Waals surface area contributed by atoms with Crippen LogP contribution in [0.2, 0.25) is 0 Å². The number of para-hydroxylation sites is 2. The lowest BCUT2D eigenvalue weighted by atomic mass is 9.99. The van der Waals surface area contributed by atoms with E-state index in [0.29, 0.717) is 0 Å². The fraction of sp³-hybridized carbons (Fsp3) is 0.462. The van der Waals surface area contributed by atoms with E-state index in [4.69, 9.17) is 5.73 Å². The lowest BCUT2D eigenvalue weighted by Crippen LogP contribution is -2.40. The average Bonchev–Trinajstić information content (AvgIpc) is 2.38. The Morgan fingerprint density at radius 2 is 2.05 bits per heavy atom. The van der Waals surface area contributed by atoms with E-state index in [0.717, 1.165) is 6.42 Å². The van der Waals surface area contributed by atoms with Crippen LogP contribution < -0.4 is 15.8 Å². The van der Waals surface area contributed by atoms with Crippen molar-refractivity contribution < 1.29 is 18.3 Å². The third kappa shape index (κ3) is 4.48. The Bertz CT molecular complexity index is 427. The van der Waals surface area contributed by atoms with Gasteiger partial charge in [0.2, 0.25) is 5.91 Å². The molecule has 1 aromatic carbocycles. The van der Waals surface area contributed by atoms with Gasteiger partial charge in [0.15, 0.2) is 0 Å². The second kappa shape index (κ2) is 7.04. The summed E-state index contributed by atoms with van der Waals surface area (Å²) in [7, 11) is 0. The summed E-state index contributed by atoms with van der Waals surface area (Å²) >= 11 is 0. The summed E-state index contributed by atoms with van der Waals surface area (Å²) in [6.45, 7) is 0.832. The number of benzene rings is 1. The van der Waals surface area contributed by atoms with Crippen LogP contribution in [0.15, 0.2) is 24.3 Å². The standard InChI is InChI=1S/C13H18F2N2O2/c1-3-8(2)11(16)12(18)17-9-6-4-5-7-10(9)19-13(14)15/h4-8,11,13H,3,16H2,1-2H3,(H,17,18)/t8?,11-/m0/s1. The Morgan fingerprint density at radius 1 is 1.42 bits per heavy atom. The molecule has 0 aliphatic heterocycles. The fourth-order valence-corrected chi connectivity index (χ4v) is 1.50. The van der Waals surface area contributed by atoms with Crippen molar-refractivity contribution in [2.24, 2.45) is 11.7 Å². The van der Waals surface area contributed by atoms with Gasteiger partial charge in [0, 0.05) is 0 Å². The first kappa shape index (κ1) is 15.4. The van der Waals surface area contributed by atoms with E-state index in [1.54, 1.807) is 12.1 Å². The number of amides is 1. The molecule has 0 aliphatic rings. The molecule has 1 amide bonds. The SMILES string of the molecule is CCC(C)[C@H](N)C(=O)Nc1ccccc1OC(F)F. The van der Waals surface area contributed by atoms with E-state index < -0.39 is 18.6 Å². The van der Waals surface area contributed by atoms with Gasteiger partial charge in [-0.3, -0.25) is 4.79 Å². The molecular weight excluding hydrogens is 254 g/mol. The second-order valence-electron chi connectivity index (χ2n) is 4.28. The van der Waals surface area contributed by atoms with Crippen LogP contribution in [0, 0.1) is 5.92 Å². The highest BCUT2D eigenvalue weighted by molar-refractivity contribution is 5.96. The number of nitrogens with one attached hydrogen (secondary N) is 1. The van der Waals surface area contributed by atoms with Gasteiger partial charge in [-0.05, 0) is 18.1 Å². The molecule has 106 valence electrons. The molecule has 0 spiro atoms. The monoisotopic (exact) mass is 272 g/mol. The predicted octanol–water partition coefficient (Wildman–Crippen LogP) is 2.60. The summed E-state index contributed by atoms with van der Waals surface area (Å²) in [5.74, 6) is -0.495. The van der Waals surface area contributed by atoms with E-state index in [1.807, 2.05) is 13.8 Å². The molecule has 0 aliphatic carbocycles. The number of carbonyl (C=O) groups is 1. The van der Waals surface area contributed by atoms with Crippen LogP contribution in [-0.4, -0.2) is 18.6 Å². The van der Waals surface area contributed by atoms with Gasteiger partial charge >= 0.3 is 6.61 Å². The number of anilines is 1. The molecule has 1 rings (SSSR count). The van der Waals surface area contributed by atoms with Crippen molar-refractivity contribution in [2.45, 2.75) is 32.9 Å². The highest BCUT2D eigenvalue weighted by atomic mass is 19.3. The Hall–Kier alpha value is -1.69. The third-order valence-electron chi connectivity index (χ3n) is 2.92. The minimum Gasteiger partial charge on any atom is -0.433 e. The summed E-state index contributed by atoms with van der Waals surface area (Å²) in [5.41, 5.74) is 5.96. The van der Waals surface area contributed by atoms with Gasteiger partial charge in [-0.2, -0.15) is 8.78 Å². The summed E-state index contributed by atoms with van der Waals surface area (Å²) < 4.78 is 28.8. The lowest BCUT2D eigenvalue weighted by molar-refractivity contribution is -0.118. The van der Waals surface area contributed by atoms with E-state index in [-0.39, 0.29) is 17.4 Å². The number of ether oxygens (including phenoxy) is 1. The van der Waals surface area contributed by atoms with E-state index in [1.165, 1.54) is 12.1 Å². The Kier molecular flexibility index (Phi) is 5.69. The Labute approximate surface area is 110 Å². The number of rotatable bonds is 6. The van der Waals surface area contributed by atoms with Gasteiger partial charge in [-0.1, -0.05) is 32.4 Å². The summed E-state index contributed by atoms with van der Waals surface area (Å²) in [6.07, 6.45) is 0.754. The van der Waals surface area contributed by atoms with E-state index in [9.17, 15) is 13.6 Å². The number of hydrogen-bond donors (Lipinski definition) is 2. The first-order chi connectivity index (χ1) is 8.95. The van der Waals surface area contributed by atoms with Crippen molar-refractivity contribution in [1.29, 1.82) is 0 Å². The minimum absolute atomic E-state index is 0.00294. The van der Waals surface area contributed by atoms with Crippen molar-refractivity contribution >= 4 is 11.6 Å². The van der Waals surface area contributed by atoms with Crippen molar-refractivity contribution in [3.05, 3.63) is 24.3 Å². The topological polar surface area (TPSA) is 64.4 Å². The summed E-state index contributed by atoms with van der Waals surface area (Å²) in [5, 5.41) is 2.51. The average molecular weight is 272 g/mol. The molecule has 0 aromatic heterocycles. The zero-order valence-electron chi connectivity index (χ0n) is 10.9. The fourth-order valence-electron chi connectivity index (χ4n) is 1.50. The molecule has 0 fully saturated rings. The van der Waals surface area contributed by atoms with Gasteiger partial charge in [-0.25, -0.2) is 0 Å². The molecule has 0 heterocycles. The quantitative estimate of drug-likeness (QED) is 0.836. The smallest absolute Gasteiger partial charge is 0.387 e. The number of nitrogens with two attached hydrogens (primary N) is 1. The van der Waals surface area contributed by atoms with Gasteiger partial charge in [0.25, 0.3) is 0 Å². The van der Waals surface area contributed by atoms with Crippen LogP contribution >= 0.6 is 0 Å². The minimum atomic E-state index is -2.94. The van der Waals surface area contributed by atoms with Crippen LogP contribution in [0.4, 0.5) is 14.5 Å². The predicted molar refractivity (Wildman–Crippen MR) is 69.1 cm³/mol. The molecule has 0 saturated carbocycles. The maximum absolute atomic E-state index is 12.2. The van der Waals surface area contributed by atoms with Crippen molar-refractivity contribution in [3.8, 4) is 5.75 Å². The number of carbonyl (C=O) groups excluding carboxylic acids is 1. The van der Waals surface area contributed by atoms with Crippen LogP contribution in [-0.2, 0) is 4.79 Å². The van der Waals surface area contributed by atoms with Gasteiger partial charge in [0.05, 0.1) is 11.7 Å². The van der Waals surface area contributed by atoms with E-state index in [2.05, 4.69) is 10.1 Å². The molecule has 6 heteroatoms. The molecule has 4 nitrogen and oxygen atoms in total. The Morgan fingerprint density at radius 3 is 2.63 bits per heavy atom. The van der Waals surface area contributed by atoms with Crippen molar-refractivity contribution in [1.82, 2.24) is 0 Å². The molecule has 1 aromatic rings. The molecule has 0 saturated heterocycles. The number of halogens is 2. The summed E-state index contributed by atoms with van der Waals surface area (Å²) in [4.78, 5) is 11.9. The van der Waals surface area contributed by atoms with E-state index >= 15 is 0 Å². The first-order valence-corrected chi connectivity index (χ1v) is 6.06. The third-order valence-corrected chi connectivity index (χ3v) is 2.92. The molecule has 0 bridgehead atoms. The lowest BCUT2D eigenvalue weighted by Gasteiger charge is -2.19. The van der Waals surface area contributed by atoms with Gasteiger partial charge in [-0.15, -0.1) is 0 Å². The first-order valence-electron chi connectivity index (χ1n) is 6.06. The van der Waals surface area contributed by atoms with Crippen LogP contribution in [0.1, 0.15) is 20.3 Å². The Balaban J connectivity index is 2.79. The normalized spacial score (nSPS) is 14.0. The number of alkyl halides is 2. The summed E-state index contributed by atoms with van der Waals surface area (Å²) in [6, 6.07) is 5.31. The van der Waals surface area contributed by atoms with Crippen LogP contribution in [0.5, 0.6) is 5.75 Å². The molecule has 0 radical (unpaired) electrons. The van der Waals surface area contributed by atoms with Gasteiger partial charge in [0.1, 0.15) is 5.75 Å².